The largest absolute Gasteiger partial charge is 0.468 e. The molecule has 2 aromatic rings. The van der Waals surface area contributed by atoms with E-state index in [0.29, 0.717) is 19.5 Å². The maximum Gasteiger partial charge on any atom is 0.323 e. The number of aromatic nitrogens is 2. The number of β-amino-alcohol motifs (C(OH)–C–C–N with tert-alkyl or cyclic N) is 1. The molecule has 2 heterocycles. The number of carbonyl (C=O) groups is 1. The lowest BCUT2D eigenvalue weighted by Gasteiger charge is -2.20. The molecule has 22 heavy (non-hydrogen) atoms. The van der Waals surface area contributed by atoms with Crippen molar-refractivity contribution in [2.45, 2.75) is 25.1 Å². The normalized spacial score (nSPS) is 21.9. The third-order valence-corrected chi connectivity index (χ3v) is 3.88. The van der Waals surface area contributed by atoms with Gasteiger partial charge in [-0.1, -0.05) is 18.2 Å². The number of esters is 1. The van der Waals surface area contributed by atoms with E-state index in [4.69, 9.17) is 4.74 Å². The number of para-hydroxylation sites is 1. The third-order valence-electron chi connectivity index (χ3n) is 3.88. The molecule has 1 aliphatic rings. The average molecular weight is 301 g/mol. The Hall–Kier alpha value is -2.18. The number of carbonyl (C=O) groups excluding carboxylic acids is 1. The van der Waals surface area contributed by atoms with Crippen LogP contribution in [0.1, 0.15) is 12.1 Å². The van der Waals surface area contributed by atoms with Gasteiger partial charge in [0, 0.05) is 25.7 Å². The number of rotatable bonds is 4. The number of aliphatic hydroxyl groups excluding tert-OH is 1. The quantitative estimate of drug-likeness (QED) is 0.853. The van der Waals surface area contributed by atoms with E-state index < -0.39 is 12.1 Å². The van der Waals surface area contributed by atoms with Crippen LogP contribution in [-0.4, -0.2) is 51.6 Å². The van der Waals surface area contributed by atoms with Crippen LogP contribution in [0.4, 0.5) is 0 Å². The van der Waals surface area contributed by atoms with Gasteiger partial charge in [-0.05, 0) is 18.2 Å². The van der Waals surface area contributed by atoms with Gasteiger partial charge in [-0.3, -0.25) is 9.69 Å². The van der Waals surface area contributed by atoms with Gasteiger partial charge in [-0.15, -0.1) is 0 Å². The molecule has 0 unspecified atom stereocenters. The number of ether oxygens (including phenoxy) is 1. The lowest BCUT2D eigenvalue weighted by Crippen LogP contribution is -2.36. The number of hydrogen-bond donors (Lipinski definition) is 1. The van der Waals surface area contributed by atoms with Gasteiger partial charge in [-0.25, -0.2) is 4.68 Å². The van der Waals surface area contributed by atoms with Crippen LogP contribution in [0.15, 0.2) is 42.6 Å². The topological polar surface area (TPSA) is 67.6 Å². The summed E-state index contributed by atoms with van der Waals surface area (Å²) in [7, 11) is 1.37. The van der Waals surface area contributed by atoms with Gasteiger partial charge < -0.3 is 9.84 Å². The van der Waals surface area contributed by atoms with Crippen molar-refractivity contribution in [2.75, 3.05) is 13.7 Å². The van der Waals surface area contributed by atoms with E-state index >= 15 is 0 Å². The van der Waals surface area contributed by atoms with Crippen molar-refractivity contribution in [3.05, 3.63) is 48.3 Å². The molecule has 0 saturated carbocycles. The predicted octanol–water partition coefficient (Wildman–Crippen LogP) is 0.980. The standard InChI is InChI=1S/C16H19N3O3/c1-22-16(21)15-9-14(20)11-18(15)10-12-7-8-19(17-12)13-5-3-2-4-6-13/h2-8,14-15,20H,9-11H2,1H3/t14-,15+/m1/s1. The van der Waals surface area contributed by atoms with E-state index in [0.717, 1.165) is 11.4 Å². The van der Waals surface area contributed by atoms with Crippen molar-refractivity contribution in [1.82, 2.24) is 14.7 Å². The summed E-state index contributed by atoms with van der Waals surface area (Å²) in [6.07, 6.45) is 1.80. The monoisotopic (exact) mass is 301 g/mol. The van der Waals surface area contributed by atoms with Gasteiger partial charge in [-0.2, -0.15) is 5.10 Å². The van der Waals surface area contributed by atoms with Gasteiger partial charge >= 0.3 is 5.97 Å². The first-order valence-electron chi connectivity index (χ1n) is 7.27. The molecule has 1 aliphatic heterocycles. The van der Waals surface area contributed by atoms with Crippen LogP contribution in [0.3, 0.4) is 0 Å². The predicted molar refractivity (Wildman–Crippen MR) is 80.4 cm³/mol. The zero-order chi connectivity index (χ0) is 15.5. The third kappa shape index (κ3) is 3.03. The fourth-order valence-corrected chi connectivity index (χ4v) is 2.81. The smallest absolute Gasteiger partial charge is 0.323 e. The van der Waals surface area contributed by atoms with Crippen LogP contribution in [0.5, 0.6) is 0 Å². The maximum absolute atomic E-state index is 11.8. The molecule has 0 amide bonds. The van der Waals surface area contributed by atoms with Crippen LogP contribution in [0, 0.1) is 0 Å². The summed E-state index contributed by atoms with van der Waals surface area (Å²) < 4.78 is 6.61. The second-order valence-corrected chi connectivity index (χ2v) is 5.45. The minimum Gasteiger partial charge on any atom is -0.468 e. The maximum atomic E-state index is 11.8. The number of benzene rings is 1. The summed E-state index contributed by atoms with van der Waals surface area (Å²) in [6, 6.07) is 11.4. The van der Waals surface area contributed by atoms with Crippen molar-refractivity contribution < 1.29 is 14.6 Å². The number of likely N-dealkylation sites (tertiary alicyclic amines) is 1. The Bertz CT molecular complexity index is 641. The molecular formula is C16H19N3O3. The van der Waals surface area contributed by atoms with E-state index in [1.807, 2.05) is 47.5 Å². The van der Waals surface area contributed by atoms with Crippen molar-refractivity contribution in [2.24, 2.45) is 0 Å². The van der Waals surface area contributed by atoms with Crippen LogP contribution >= 0.6 is 0 Å². The number of methoxy groups -OCH3 is 1. The zero-order valence-electron chi connectivity index (χ0n) is 12.4. The highest BCUT2D eigenvalue weighted by Gasteiger charge is 2.36. The molecule has 0 radical (unpaired) electrons. The second-order valence-electron chi connectivity index (χ2n) is 5.45. The average Bonchev–Trinajstić information content (AvgIpc) is 3.14. The van der Waals surface area contributed by atoms with Crippen molar-refractivity contribution in [1.29, 1.82) is 0 Å². The van der Waals surface area contributed by atoms with Gasteiger partial charge in [0.2, 0.25) is 0 Å². The fourth-order valence-electron chi connectivity index (χ4n) is 2.81. The van der Waals surface area contributed by atoms with Crippen LogP contribution < -0.4 is 0 Å². The Morgan fingerprint density at radius 3 is 2.86 bits per heavy atom. The summed E-state index contributed by atoms with van der Waals surface area (Å²) in [5.41, 5.74) is 1.84. The number of hydrogen-bond acceptors (Lipinski definition) is 5. The van der Waals surface area contributed by atoms with Crippen LogP contribution in [0.2, 0.25) is 0 Å². The molecule has 116 valence electrons. The van der Waals surface area contributed by atoms with Gasteiger partial charge in [0.25, 0.3) is 0 Å². The molecule has 1 aromatic carbocycles. The minimum atomic E-state index is -0.500. The highest BCUT2D eigenvalue weighted by atomic mass is 16.5. The van der Waals surface area contributed by atoms with Gasteiger partial charge in [0.05, 0.1) is 24.6 Å². The van der Waals surface area contributed by atoms with E-state index in [2.05, 4.69) is 5.10 Å². The lowest BCUT2D eigenvalue weighted by molar-refractivity contribution is -0.146. The number of aliphatic hydroxyl groups is 1. The van der Waals surface area contributed by atoms with Gasteiger partial charge in [0.1, 0.15) is 6.04 Å². The Kier molecular flexibility index (Phi) is 4.22. The second kappa shape index (κ2) is 6.29. The Labute approximate surface area is 128 Å². The summed E-state index contributed by atoms with van der Waals surface area (Å²) in [5, 5.41) is 14.3. The summed E-state index contributed by atoms with van der Waals surface area (Å²) in [6.45, 7) is 0.967. The summed E-state index contributed by atoms with van der Waals surface area (Å²) >= 11 is 0. The fraction of sp³-hybridized carbons (Fsp3) is 0.375. The van der Waals surface area contributed by atoms with Gasteiger partial charge in [0.15, 0.2) is 0 Å². The van der Waals surface area contributed by atoms with E-state index in [-0.39, 0.29) is 5.97 Å². The molecule has 1 aromatic heterocycles. The summed E-state index contributed by atoms with van der Waals surface area (Å²) in [4.78, 5) is 13.7. The minimum absolute atomic E-state index is 0.306. The molecule has 0 spiro atoms. The Morgan fingerprint density at radius 2 is 2.14 bits per heavy atom. The molecule has 6 nitrogen and oxygen atoms in total. The van der Waals surface area contributed by atoms with E-state index in [1.165, 1.54) is 7.11 Å². The molecule has 0 bridgehead atoms. The van der Waals surface area contributed by atoms with Crippen molar-refractivity contribution in [3.8, 4) is 5.69 Å². The first kappa shape index (κ1) is 14.7. The van der Waals surface area contributed by atoms with Crippen LogP contribution in [0.25, 0.3) is 5.69 Å². The first-order valence-corrected chi connectivity index (χ1v) is 7.27. The number of nitrogens with zero attached hydrogens (tertiary/aromatic N) is 3. The SMILES string of the molecule is COC(=O)[C@@H]1C[C@@H](O)CN1Cc1ccn(-c2ccccc2)n1. The zero-order valence-corrected chi connectivity index (χ0v) is 12.4. The molecular weight excluding hydrogens is 282 g/mol. The molecule has 6 heteroatoms. The highest BCUT2D eigenvalue weighted by Crippen LogP contribution is 2.21. The van der Waals surface area contributed by atoms with Crippen molar-refractivity contribution >= 4 is 5.97 Å². The van der Waals surface area contributed by atoms with Crippen LogP contribution in [-0.2, 0) is 16.1 Å². The van der Waals surface area contributed by atoms with E-state index in [1.54, 1.807) is 4.68 Å². The molecule has 3 rings (SSSR count). The Morgan fingerprint density at radius 1 is 1.36 bits per heavy atom. The highest BCUT2D eigenvalue weighted by molar-refractivity contribution is 5.76. The Balaban J connectivity index is 1.73. The molecule has 1 fully saturated rings. The summed E-state index contributed by atoms with van der Waals surface area (Å²) in [5.74, 6) is -0.306. The molecule has 0 aliphatic carbocycles. The lowest BCUT2D eigenvalue weighted by atomic mass is 10.2. The molecule has 2 atom stereocenters. The first-order chi connectivity index (χ1) is 10.7. The molecule has 1 saturated heterocycles. The van der Waals surface area contributed by atoms with E-state index in [9.17, 15) is 9.90 Å². The molecule has 1 N–H and O–H groups in total. The van der Waals surface area contributed by atoms with Crippen molar-refractivity contribution in [3.63, 3.8) is 0 Å².